The van der Waals surface area contributed by atoms with Crippen molar-refractivity contribution >= 4 is 23.4 Å². The normalized spacial score (nSPS) is 11.7. The molecule has 1 aromatic carbocycles. The number of rotatable bonds is 4. The highest BCUT2D eigenvalue weighted by molar-refractivity contribution is 6.31. The molecule has 1 unspecified atom stereocenters. The summed E-state index contributed by atoms with van der Waals surface area (Å²) >= 11 is 6.01. The Morgan fingerprint density at radius 2 is 1.88 bits per heavy atom. The molecule has 0 heterocycles. The van der Waals surface area contributed by atoms with E-state index in [4.69, 9.17) is 16.3 Å². The van der Waals surface area contributed by atoms with E-state index in [0.717, 1.165) is 0 Å². The third-order valence-electron chi connectivity index (χ3n) is 2.24. The smallest absolute Gasteiger partial charge is 0.303 e. The summed E-state index contributed by atoms with van der Waals surface area (Å²) in [7, 11) is 0. The molecule has 0 spiro atoms. The second-order valence-corrected chi connectivity index (χ2v) is 4.00. The van der Waals surface area contributed by atoms with Crippen LogP contribution in [-0.2, 0) is 14.3 Å². The van der Waals surface area contributed by atoms with Gasteiger partial charge in [-0.05, 0) is 13.0 Å². The number of ether oxygens (including phenoxy) is 1. The SMILES string of the molecule is C=C(C(C)=O)C(OC(C)=O)c1ccccc1Cl. The van der Waals surface area contributed by atoms with Crippen LogP contribution in [0.25, 0.3) is 0 Å². The van der Waals surface area contributed by atoms with Crippen LogP contribution in [0.5, 0.6) is 0 Å². The van der Waals surface area contributed by atoms with Crippen LogP contribution in [0.15, 0.2) is 36.4 Å². The van der Waals surface area contributed by atoms with Crippen LogP contribution < -0.4 is 0 Å². The first-order valence-corrected chi connectivity index (χ1v) is 5.42. The predicted octanol–water partition coefficient (Wildman–Crippen LogP) is 3.09. The Balaban J connectivity index is 3.15. The summed E-state index contributed by atoms with van der Waals surface area (Å²) in [5.74, 6) is -0.728. The van der Waals surface area contributed by atoms with Gasteiger partial charge in [0.25, 0.3) is 0 Å². The predicted molar refractivity (Wildman–Crippen MR) is 65.8 cm³/mol. The first-order valence-electron chi connectivity index (χ1n) is 5.05. The van der Waals surface area contributed by atoms with Crippen LogP contribution in [0.4, 0.5) is 0 Å². The zero-order chi connectivity index (χ0) is 13.0. The van der Waals surface area contributed by atoms with Gasteiger partial charge in [-0.3, -0.25) is 9.59 Å². The van der Waals surface area contributed by atoms with Crippen molar-refractivity contribution in [1.29, 1.82) is 0 Å². The number of halogens is 1. The Labute approximate surface area is 105 Å². The molecule has 90 valence electrons. The molecule has 0 fully saturated rings. The summed E-state index contributed by atoms with van der Waals surface area (Å²) in [6.45, 7) is 6.29. The molecule has 0 aliphatic heterocycles. The lowest BCUT2D eigenvalue weighted by molar-refractivity contribution is -0.145. The lowest BCUT2D eigenvalue weighted by atomic mass is 10.00. The fourth-order valence-corrected chi connectivity index (χ4v) is 1.60. The molecule has 1 aromatic rings. The minimum Gasteiger partial charge on any atom is -0.453 e. The van der Waals surface area contributed by atoms with Crippen LogP contribution in [0, 0.1) is 0 Å². The molecule has 0 aliphatic carbocycles. The van der Waals surface area contributed by atoms with Gasteiger partial charge < -0.3 is 4.74 Å². The van der Waals surface area contributed by atoms with E-state index in [1.54, 1.807) is 24.3 Å². The highest BCUT2D eigenvalue weighted by Crippen LogP contribution is 2.30. The Hall–Kier alpha value is -1.61. The minimum atomic E-state index is -0.821. The highest BCUT2D eigenvalue weighted by Gasteiger charge is 2.23. The van der Waals surface area contributed by atoms with Crippen LogP contribution in [0.2, 0.25) is 5.02 Å². The lowest BCUT2D eigenvalue weighted by Gasteiger charge is -2.19. The maximum Gasteiger partial charge on any atom is 0.303 e. The number of esters is 1. The van der Waals surface area contributed by atoms with Crippen molar-refractivity contribution in [1.82, 2.24) is 0 Å². The summed E-state index contributed by atoms with van der Waals surface area (Å²) in [4.78, 5) is 22.4. The molecular formula is C13H13ClO3. The second-order valence-electron chi connectivity index (χ2n) is 3.59. The van der Waals surface area contributed by atoms with Gasteiger partial charge in [0, 0.05) is 23.1 Å². The molecule has 0 aliphatic rings. The average Bonchev–Trinajstić information content (AvgIpc) is 2.25. The minimum absolute atomic E-state index is 0.202. The summed E-state index contributed by atoms with van der Waals surface area (Å²) < 4.78 is 5.10. The van der Waals surface area contributed by atoms with Crippen LogP contribution in [0.1, 0.15) is 25.5 Å². The van der Waals surface area contributed by atoms with Crippen molar-refractivity contribution in [2.24, 2.45) is 0 Å². The van der Waals surface area contributed by atoms with Gasteiger partial charge >= 0.3 is 5.97 Å². The van der Waals surface area contributed by atoms with Crippen molar-refractivity contribution in [2.45, 2.75) is 20.0 Å². The second kappa shape index (κ2) is 5.64. The molecule has 17 heavy (non-hydrogen) atoms. The Bertz CT molecular complexity index is 465. The molecule has 4 heteroatoms. The number of hydrogen-bond acceptors (Lipinski definition) is 3. The van der Waals surface area contributed by atoms with Gasteiger partial charge in [-0.15, -0.1) is 0 Å². The molecule has 1 atom stereocenters. The summed E-state index contributed by atoms with van der Waals surface area (Å²) in [5.41, 5.74) is 0.762. The fraction of sp³-hybridized carbons (Fsp3) is 0.231. The third-order valence-corrected chi connectivity index (χ3v) is 2.58. The average molecular weight is 253 g/mol. The van der Waals surface area contributed by atoms with Crippen molar-refractivity contribution in [3.8, 4) is 0 Å². The monoisotopic (exact) mass is 252 g/mol. The molecule has 0 aromatic heterocycles. The first-order chi connectivity index (χ1) is 7.93. The van der Waals surface area contributed by atoms with Gasteiger partial charge in [0.2, 0.25) is 0 Å². The Morgan fingerprint density at radius 1 is 1.29 bits per heavy atom. The summed E-state index contributed by atoms with van der Waals surface area (Å²) in [6, 6.07) is 6.88. The number of Topliss-reactive ketones (excluding diaryl/α,β-unsaturated/α-hetero) is 1. The lowest BCUT2D eigenvalue weighted by Crippen LogP contribution is -2.15. The molecule has 0 saturated heterocycles. The van der Waals surface area contributed by atoms with E-state index in [9.17, 15) is 9.59 Å². The topological polar surface area (TPSA) is 43.4 Å². The van der Waals surface area contributed by atoms with Crippen LogP contribution >= 0.6 is 11.6 Å². The zero-order valence-corrected chi connectivity index (χ0v) is 10.5. The molecule has 0 amide bonds. The zero-order valence-electron chi connectivity index (χ0n) is 9.70. The number of ketones is 1. The molecule has 0 radical (unpaired) electrons. The fourth-order valence-electron chi connectivity index (χ4n) is 1.36. The number of hydrogen-bond donors (Lipinski definition) is 0. The van der Waals surface area contributed by atoms with E-state index in [-0.39, 0.29) is 11.4 Å². The Kier molecular flexibility index (Phi) is 4.46. The quantitative estimate of drug-likeness (QED) is 0.611. The van der Waals surface area contributed by atoms with E-state index in [0.29, 0.717) is 10.6 Å². The Morgan fingerprint density at radius 3 is 2.35 bits per heavy atom. The molecule has 1 rings (SSSR count). The molecular weight excluding hydrogens is 240 g/mol. The third kappa shape index (κ3) is 3.43. The van der Waals surface area contributed by atoms with Crippen LogP contribution in [-0.4, -0.2) is 11.8 Å². The molecule has 0 saturated carbocycles. The number of benzene rings is 1. The summed E-state index contributed by atoms with van der Waals surface area (Å²) in [5, 5.41) is 0.432. The number of carbonyl (C=O) groups excluding carboxylic acids is 2. The molecule has 3 nitrogen and oxygen atoms in total. The van der Waals surface area contributed by atoms with Crippen molar-refractivity contribution in [3.05, 3.63) is 47.0 Å². The van der Waals surface area contributed by atoms with Gasteiger partial charge in [0.15, 0.2) is 11.9 Å². The highest BCUT2D eigenvalue weighted by atomic mass is 35.5. The van der Waals surface area contributed by atoms with Gasteiger partial charge in [-0.2, -0.15) is 0 Å². The maximum absolute atomic E-state index is 11.3. The number of carbonyl (C=O) groups is 2. The molecule has 0 N–H and O–H groups in total. The van der Waals surface area contributed by atoms with Crippen LogP contribution in [0.3, 0.4) is 0 Å². The van der Waals surface area contributed by atoms with Gasteiger partial charge in [-0.25, -0.2) is 0 Å². The summed E-state index contributed by atoms with van der Waals surface area (Å²) in [6.07, 6.45) is -0.821. The van der Waals surface area contributed by atoms with Crippen molar-refractivity contribution in [3.63, 3.8) is 0 Å². The van der Waals surface area contributed by atoms with E-state index in [2.05, 4.69) is 6.58 Å². The van der Waals surface area contributed by atoms with E-state index >= 15 is 0 Å². The van der Waals surface area contributed by atoms with Crippen molar-refractivity contribution < 1.29 is 14.3 Å². The van der Waals surface area contributed by atoms with Crippen molar-refractivity contribution in [2.75, 3.05) is 0 Å². The first kappa shape index (κ1) is 13.5. The van der Waals surface area contributed by atoms with Gasteiger partial charge in [-0.1, -0.05) is 36.4 Å². The largest absolute Gasteiger partial charge is 0.453 e. The van der Waals surface area contributed by atoms with Gasteiger partial charge in [0.1, 0.15) is 0 Å². The van der Waals surface area contributed by atoms with Gasteiger partial charge in [0.05, 0.1) is 0 Å². The van der Waals surface area contributed by atoms with E-state index in [1.165, 1.54) is 13.8 Å². The molecule has 0 bridgehead atoms. The maximum atomic E-state index is 11.3. The standard InChI is InChI=1S/C13H13ClO3/c1-8(9(2)15)13(17-10(3)16)11-6-4-5-7-12(11)14/h4-7,13H,1H2,2-3H3. The van der Waals surface area contributed by atoms with E-state index < -0.39 is 12.1 Å². The van der Waals surface area contributed by atoms with E-state index in [1.807, 2.05) is 0 Å².